The summed E-state index contributed by atoms with van der Waals surface area (Å²) < 4.78 is 3.78. The van der Waals surface area contributed by atoms with Crippen molar-refractivity contribution in [3.8, 4) is 0 Å². The standard InChI is InChI=1S/C11H15N7S2/c1-3-4-12-7-8-9(13-10-18(8)5-6-19-10)20-11-14-15-16-17(11)2/h5-6,12H,3-4,7H2,1-2H3. The molecule has 0 radical (unpaired) electrons. The Morgan fingerprint density at radius 1 is 1.45 bits per heavy atom. The molecule has 0 aromatic carbocycles. The predicted molar refractivity (Wildman–Crippen MR) is 78.0 cm³/mol. The maximum absolute atomic E-state index is 4.66. The van der Waals surface area contributed by atoms with E-state index in [1.807, 2.05) is 12.4 Å². The largest absolute Gasteiger partial charge is 0.311 e. The van der Waals surface area contributed by atoms with Gasteiger partial charge in [0.05, 0.1) is 5.69 Å². The Balaban J connectivity index is 1.90. The molecule has 106 valence electrons. The van der Waals surface area contributed by atoms with E-state index < -0.39 is 0 Å². The number of nitrogens with zero attached hydrogens (tertiary/aromatic N) is 6. The molecule has 1 N–H and O–H groups in total. The van der Waals surface area contributed by atoms with Gasteiger partial charge in [-0.25, -0.2) is 9.67 Å². The molecule has 0 atom stereocenters. The number of hydrogen-bond donors (Lipinski definition) is 1. The minimum absolute atomic E-state index is 0.743. The fourth-order valence-corrected chi connectivity index (χ4v) is 3.46. The van der Waals surface area contributed by atoms with Crippen LogP contribution in [-0.4, -0.2) is 36.1 Å². The van der Waals surface area contributed by atoms with E-state index in [0.29, 0.717) is 0 Å². The Morgan fingerprint density at radius 3 is 3.10 bits per heavy atom. The summed E-state index contributed by atoms with van der Waals surface area (Å²) in [7, 11) is 1.83. The highest BCUT2D eigenvalue weighted by atomic mass is 32.2. The van der Waals surface area contributed by atoms with Gasteiger partial charge in [0.25, 0.3) is 0 Å². The Morgan fingerprint density at radius 2 is 2.35 bits per heavy atom. The van der Waals surface area contributed by atoms with Gasteiger partial charge < -0.3 is 5.32 Å². The maximum Gasteiger partial charge on any atom is 0.215 e. The summed E-state index contributed by atoms with van der Waals surface area (Å²) >= 11 is 3.13. The van der Waals surface area contributed by atoms with Crippen molar-refractivity contribution >= 4 is 28.1 Å². The van der Waals surface area contributed by atoms with Gasteiger partial charge in [-0.05, 0) is 35.2 Å². The van der Waals surface area contributed by atoms with Crippen LogP contribution in [0.1, 0.15) is 19.0 Å². The topological polar surface area (TPSA) is 72.9 Å². The molecule has 3 aromatic heterocycles. The summed E-state index contributed by atoms with van der Waals surface area (Å²) in [5.74, 6) is 0. The second-order valence-corrected chi connectivity index (χ2v) is 6.11. The van der Waals surface area contributed by atoms with Crippen LogP contribution >= 0.6 is 23.1 Å². The van der Waals surface area contributed by atoms with Crippen molar-refractivity contribution in [3.63, 3.8) is 0 Å². The molecule has 9 heteroatoms. The highest BCUT2D eigenvalue weighted by molar-refractivity contribution is 7.99. The molecule has 0 aliphatic rings. The average molecular weight is 309 g/mol. The van der Waals surface area contributed by atoms with Gasteiger partial charge >= 0.3 is 0 Å². The fraction of sp³-hybridized carbons (Fsp3) is 0.455. The first-order valence-electron chi connectivity index (χ1n) is 6.35. The molecule has 0 aliphatic carbocycles. The van der Waals surface area contributed by atoms with Crippen LogP contribution in [0.15, 0.2) is 21.8 Å². The van der Waals surface area contributed by atoms with Crippen molar-refractivity contribution in [1.29, 1.82) is 0 Å². The van der Waals surface area contributed by atoms with E-state index in [0.717, 1.165) is 40.3 Å². The van der Waals surface area contributed by atoms with E-state index in [4.69, 9.17) is 0 Å². The summed E-state index contributed by atoms with van der Waals surface area (Å²) in [5.41, 5.74) is 1.16. The Hall–Kier alpha value is -1.45. The SMILES string of the molecule is CCCNCc1c(Sc2nnnn2C)nc2sccn12. The third-order valence-electron chi connectivity index (χ3n) is 2.81. The zero-order chi connectivity index (χ0) is 13.9. The molecule has 0 spiro atoms. The monoisotopic (exact) mass is 309 g/mol. The molecular formula is C11H15N7S2. The molecule has 0 bridgehead atoms. The summed E-state index contributed by atoms with van der Waals surface area (Å²) in [6.07, 6.45) is 3.16. The van der Waals surface area contributed by atoms with E-state index >= 15 is 0 Å². The second kappa shape index (κ2) is 5.90. The number of rotatable bonds is 6. The van der Waals surface area contributed by atoms with Gasteiger partial charge in [-0.1, -0.05) is 6.92 Å². The number of fused-ring (bicyclic) bond motifs is 1. The average Bonchev–Trinajstić information content (AvgIpc) is 3.10. The normalized spacial score (nSPS) is 11.5. The minimum atomic E-state index is 0.743. The van der Waals surface area contributed by atoms with Crippen LogP contribution in [0.3, 0.4) is 0 Å². The van der Waals surface area contributed by atoms with Crippen molar-refractivity contribution in [2.75, 3.05) is 6.54 Å². The molecule has 0 amide bonds. The van der Waals surface area contributed by atoms with E-state index in [2.05, 4.69) is 43.3 Å². The molecule has 0 aliphatic heterocycles. The van der Waals surface area contributed by atoms with E-state index in [-0.39, 0.29) is 0 Å². The number of nitrogens with one attached hydrogen (secondary N) is 1. The van der Waals surface area contributed by atoms with Crippen LogP contribution < -0.4 is 5.32 Å². The van der Waals surface area contributed by atoms with Crippen molar-refractivity contribution in [2.45, 2.75) is 30.1 Å². The second-order valence-electron chi connectivity index (χ2n) is 4.28. The highest BCUT2D eigenvalue weighted by Crippen LogP contribution is 2.29. The molecule has 0 saturated carbocycles. The molecule has 0 fully saturated rings. The van der Waals surface area contributed by atoms with Crippen LogP contribution in [0.25, 0.3) is 4.96 Å². The zero-order valence-electron chi connectivity index (χ0n) is 11.3. The van der Waals surface area contributed by atoms with Crippen LogP contribution in [0.4, 0.5) is 0 Å². The third-order valence-corrected chi connectivity index (χ3v) is 4.62. The number of tetrazole rings is 1. The van der Waals surface area contributed by atoms with Gasteiger partial charge in [0.1, 0.15) is 5.03 Å². The van der Waals surface area contributed by atoms with Crippen LogP contribution in [0.5, 0.6) is 0 Å². The van der Waals surface area contributed by atoms with Gasteiger partial charge in [-0.15, -0.1) is 16.4 Å². The molecular weight excluding hydrogens is 294 g/mol. The number of thiazole rings is 1. The van der Waals surface area contributed by atoms with Gasteiger partial charge in [-0.3, -0.25) is 4.40 Å². The Kier molecular flexibility index (Phi) is 3.99. The molecule has 20 heavy (non-hydrogen) atoms. The lowest BCUT2D eigenvalue weighted by atomic mass is 10.4. The summed E-state index contributed by atoms with van der Waals surface area (Å²) in [6.45, 7) is 3.94. The van der Waals surface area contributed by atoms with Gasteiger partial charge in [0.2, 0.25) is 5.16 Å². The zero-order valence-corrected chi connectivity index (χ0v) is 12.9. The lowest BCUT2D eigenvalue weighted by Crippen LogP contribution is -2.15. The molecule has 3 heterocycles. The quantitative estimate of drug-likeness (QED) is 0.697. The van der Waals surface area contributed by atoms with Crippen LogP contribution in [0, 0.1) is 0 Å². The molecule has 3 rings (SSSR count). The predicted octanol–water partition coefficient (Wildman–Crippen LogP) is 1.57. The first-order valence-corrected chi connectivity index (χ1v) is 8.04. The van der Waals surface area contributed by atoms with Crippen molar-refractivity contribution < 1.29 is 0 Å². The van der Waals surface area contributed by atoms with E-state index in [9.17, 15) is 0 Å². The van der Waals surface area contributed by atoms with Crippen molar-refractivity contribution in [1.82, 2.24) is 34.9 Å². The molecule has 7 nitrogen and oxygen atoms in total. The third kappa shape index (κ3) is 2.56. The van der Waals surface area contributed by atoms with E-state index in [1.54, 1.807) is 16.0 Å². The van der Waals surface area contributed by atoms with E-state index in [1.165, 1.54) is 11.8 Å². The Bertz CT molecular complexity index is 699. The number of aromatic nitrogens is 6. The highest BCUT2D eigenvalue weighted by Gasteiger charge is 2.16. The first kappa shape index (κ1) is 13.5. The van der Waals surface area contributed by atoms with Gasteiger partial charge in [0, 0.05) is 25.2 Å². The van der Waals surface area contributed by atoms with Crippen LogP contribution in [-0.2, 0) is 13.6 Å². The summed E-state index contributed by atoms with van der Waals surface area (Å²) in [4.78, 5) is 5.66. The van der Waals surface area contributed by atoms with Crippen LogP contribution in [0.2, 0.25) is 0 Å². The first-order chi connectivity index (χ1) is 9.79. The fourth-order valence-electron chi connectivity index (χ4n) is 1.83. The molecule has 0 unspecified atom stereocenters. The Labute approximate surface area is 124 Å². The number of imidazole rings is 1. The lowest BCUT2D eigenvalue weighted by molar-refractivity contribution is 0.650. The lowest BCUT2D eigenvalue weighted by Gasteiger charge is -2.04. The molecule has 3 aromatic rings. The number of hydrogen-bond acceptors (Lipinski definition) is 7. The van der Waals surface area contributed by atoms with Crippen molar-refractivity contribution in [3.05, 3.63) is 17.3 Å². The summed E-state index contributed by atoms with van der Waals surface area (Å²) in [5, 5.41) is 18.7. The van der Waals surface area contributed by atoms with Gasteiger partial charge in [0.15, 0.2) is 4.96 Å². The minimum Gasteiger partial charge on any atom is -0.311 e. The summed E-state index contributed by atoms with van der Waals surface area (Å²) in [6, 6.07) is 0. The van der Waals surface area contributed by atoms with Gasteiger partial charge in [-0.2, -0.15) is 0 Å². The smallest absolute Gasteiger partial charge is 0.215 e. The van der Waals surface area contributed by atoms with Crippen molar-refractivity contribution in [2.24, 2.45) is 7.05 Å². The maximum atomic E-state index is 4.66. The number of aryl methyl sites for hydroxylation is 1. The molecule has 0 saturated heterocycles.